The summed E-state index contributed by atoms with van der Waals surface area (Å²) in [5.41, 5.74) is 2.00. The first-order valence-electron chi connectivity index (χ1n) is 10.4. The van der Waals surface area contributed by atoms with Gasteiger partial charge in [-0.05, 0) is 31.0 Å². The highest BCUT2D eigenvalue weighted by molar-refractivity contribution is 6.33. The van der Waals surface area contributed by atoms with Gasteiger partial charge in [0, 0.05) is 43.5 Å². The number of piperazine rings is 1. The summed E-state index contributed by atoms with van der Waals surface area (Å²) < 4.78 is 11.0. The molecule has 2 heterocycles. The molecule has 3 aromatic rings. The molecule has 0 radical (unpaired) electrons. The molecule has 7 heteroatoms. The second-order valence-corrected chi connectivity index (χ2v) is 8.24. The minimum Gasteiger partial charge on any atom is -0.493 e. The SMILES string of the molecule is COc1cc2nc(C3CC3)nc(N3CCN(c4ccccc4Cl)CC3)c2cc1OC. The van der Waals surface area contributed by atoms with E-state index in [9.17, 15) is 0 Å². The summed E-state index contributed by atoms with van der Waals surface area (Å²) >= 11 is 6.41. The van der Waals surface area contributed by atoms with E-state index in [-0.39, 0.29) is 0 Å². The molecule has 1 saturated carbocycles. The molecule has 0 bridgehead atoms. The van der Waals surface area contributed by atoms with Crippen molar-refractivity contribution in [2.75, 3.05) is 50.2 Å². The average molecular weight is 425 g/mol. The Bertz CT molecular complexity index is 1080. The van der Waals surface area contributed by atoms with Gasteiger partial charge < -0.3 is 19.3 Å². The summed E-state index contributed by atoms with van der Waals surface area (Å²) in [7, 11) is 3.31. The third-order valence-electron chi connectivity index (χ3n) is 5.91. The maximum Gasteiger partial charge on any atom is 0.162 e. The van der Waals surface area contributed by atoms with Crippen LogP contribution in [0.25, 0.3) is 10.9 Å². The van der Waals surface area contributed by atoms with E-state index in [0.717, 1.165) is 59.4 Å². The predicted molar refractivity (Wildman–Crippen MR) is 120 cm³/mol. The van der Waals surface area contributed by atoms with Gasteiger partial charge in [0.1, 0.15) is 11.6 Å². The molecule has 2 aliphatic rings. The van der Waals surface area contributed by atoms with Gasteiger partial charge in [0.15, 0.2) is 11.5 Å². The zero-order valence-corrected chi connectivity index (χ0v) is 18.0. The zero-order valence-electron chi connectivity index (χ0n) is 17.3. The van der Waals surface area contributed by atoms with E-state index >= 15 is 0 Å². The summed E-state index contributed by atoms with van der Waals surface area (Å²) in [6, 6.07) is 12.0. The van der Waals surface area contributed by atoms with Gasteiger partial charge in [-0.3, -0.25) is 0 Å². The fraction of sp³-hybridized carbons (Fsp3) is 0.391. The van der Waals surface area contributed by atoms with Gasteiger partial charge in [0.05, 0.1) is 30.4 Å². The van der Waals surface area contributed by atoms with Crippen LogP contribution in [0.1, 0.15) is 24.6 Å². The number of nitrogens with zero attached hydrogens (tertiary/aromatic N) is 4. The molecule has 0 N–H and O–H groups in total. The smallest absolute Gasteiger partial charge is 0.162 e. The van der Waals surface area contributed by atoms with Crippen molar-refractivity contribution in [3.05, 3.63) is 47.2 Å². The fourth-order valence-electron chi connectivity index (χ4n) is 4.09. The Hall–Kier alpha value is -2.73. The molecule has 5 rings (SSSR count). The number of benzene rings is 2. The molecule has 0 spiro atoms. The number of rotatable bonds is 5. The molecule has 2 fully saturated rings. The fourth-order valence-corrected chi connectivity index (χ4v) is 4.34. The number of halogens is 1. The van der Waals surface area contributed by atoms with Crippen LogP contribution in [0.15, 0.2) is 36.4 Å². The number of hydrogen-bond donors (Lipinski definition) is 0. The summed E-state index contributed by atoms with van der Waals surface area (Å²) in [6.07, 6.45) is 2.33. The van der Waals surface area contributed by atoms with Crippen LogP contribution >= 0.6 is 11.6 Å². The molecule has 2 aromatic carbocycles. The molecule has 1 aromatic heterocycles. The number of anilines is 2. The van der Waals surface area contributed by atoms with E-state index in [4.69, 9.17) is 31.0 Å². The molecule has 0 unspecified atom stereocenters. The molecule has 1 aliphatic heterocycles. The van der Waals surface area contributed by atoms with E-state index in [1.807, 2.05) is 30.3 Å². The van der Waals surface area contributed by atoms with E-state index in [1.165, 1.54) is 12.8 Å². The first-order chi connectivity index (χ1) is 14.7. The van der Waals surface area contributed by atoms with Crippen molar-refractivity contribution in [2.24, 2.45) is 0 Å². The van der Waals surface area contributed by atoms with Crippen LogP contribution in [0.4, 0.5) is 11.5 Å². The highest BCUT2D eigenvalue weighted by atomic mass is 35.5. The maximum absolute atomic E-state index is 6.41. The first-order valence-corrected chi connectivity index (χ1v) is 10.7. The largest absolute Gasteiger partial charge is 0.493 e. The van der Waals surface area contributed by atoms with Gasteiger partial charge in [-0.15, -0.1) is 0 Å². The van der Waals surface area contributed by atoms with Gasteiger partial charge >= 0.3 is 0 Å². The highest BCUT2D eigenvalue weighted by Crippen LogP contribution is 2.42. The normalized spacial score (nSPS) is 16.8. The number of ether oxygens (including phenoxy) is 2. The van der Waals surface area contributed by atoms with Crippen molar-refractivity contribution in [1.82, 2.24) is 9.97 Å². The van der Waals surface area contributed by atoms with Gasteiger partial charge in [-0.1, -0.05) is 23.7 Å². The minimum absolute atomic E-state index is 0.477. The van der Waals surface area contributed by atoms with Gasteiger partial charge in [0.25, 0.3) is 0 Å². The monoisotopic (exact) mass is 424 g/mol. The van der Waals surface area contributed by atoms with Crippen molar-refractivity contribution in [1.29, 1.82) is 0 Å². The Balaban J connectivity index is 1.49. The van der Waals surface area contributed by atoms with E-state index in [2.05, 4.69) is 15.9 Å². The highest BCUT2D eigenvalue weighted by Gasteiger charge is 2.30. The predicted octanol–water partition coefficient (Wildman–Crippen LogP) is 4.50. The Labute approximate surface area is 181 Å². The van der Waals surface area contributed by atoms with Gasteiger partial charge in [-0.25, -0.2) is 9.97 Å². The van der Waals surface area contributed by atoms with Crippen molar-refractivity contribution in [3.8, 4) is 11.5 Å². The molecule has 1 saturated heterocycles. The minimum atomic E-state index is 0.477. The molecular weight excluding hydrogens is 400 g/mol. The molecule has 1 aliphatic carbocycles. The number of fused-ring (bicyclic) bond motifs is 1. The number of hydrogen-bond acceptors (Lipinski definition) is 6. The van der Waals surface area contributed by atoms with Crippen molar-refractivity contribution in [2.45, 2.75) is 18.8 Å². The number of para-hydroxylation sites is 1. The second-order valence-electron chi connectivity index (χ2n) is 7.83. The second kappa shape index (κ2) is 7.84. The van der Waals surface area contributed by atoms with Crippen LogP contribution in [0.5, 0.6) is 11.5 Å². The maximum atomic E-state index is 6.41. The van der Waals surface area contributed by atoms with E-state index in [0.29, 0.717) is 17.4 Å². The Kier molecular flexibility index (Phi) is 5.03. The molecule has 0 atom stereocenters. The standard InChI is InChI=1S/C23H25ClN4O2/c1-29-20-13-16-18(14-21(20)30-2)25-22(15-7-8-15)26-23(16)28-11-9-27(10-12-28)19-6-4-3-5-17(19)24/h3-6,13-15H,7-12H2,1-2H3. The lowest BCUT2D eigenvalue weighted by Gasteiger charge is -2.37. The van der Waals surface area contributed by atoms with Crippen LogP contribution in [-0.4, -0.2) is 50.4 Å². The molecular formula is C23H25ClN4O2. The van der Waals surface area contributed by atoms with E-state index < -0.39 is 0 Å². The summed E-state index contributed by atoms with van der Waals surface area (Å²) in [6.45, 7) is 3.52. The van der Waals surface area contributed by atoms with Crippen LogP contribution in [0.2, 0.25) is 5.02 Å². The lowest BCUT2D eigenvalue weighted by Crippen LogP contribution is -2.47. The lowest BCUT2D eigenvalue weighted by molar-refractivity contribution is 0.355. The number of aromatic nitrogens is 2. The van der Waals surface area contributed by atoms with Crippen LogP contribution in [-0.2, 0) is 0 Å². The van der Waals surface area contributed by atoms with Crippen molar-refractivity contribution in [3.63, 3.8) is 0 Å². The third-order valence-corrected chi connectivity index (χ3v) is 6.23. The Morgan fingerprint density at radius 1 is 0.900 bits per heavy atom. The Morgan fingerprint density at radius 3 is 2.23 bits per heavy atom. The van der Waals surface area contributed by atoms with Crippen LogP contribution in [0.3, 0.4) is 0 Å². The third kappa shape index (κ3) is 3.49. The number of methoxy groups -OCH3 is 2. The quantitative estimate of drug-likeness (QED) is 0.600. The first kappa shape index (κ1) is 19.2. The van der Waals surface area contributed by atoms with Crippen molar-refractivity contribution < 1.29 is 9.47 Å². The van der Waals surface area contributed by atoms with Crippen molar-refractivity contribution >= 4 is 34.0 Å². The lowest BCUT2D eigenvalue weighted by atomic mass is 10.1. The molecule has 0 amide bonds. The average Bonchev–Trinajstić information content (AvgIpc) is 3.63. The molecule has 156 valence electrons. The summed E-state index contributed by atoms with van der Waals surface area (Å²) in [5, 5.41) is 1.80. The van der Waals surface area contributed by atoms with Gasteiger partial charge in [0.2, 0.25) is 0 Å². The van der Waals surface area contributed by atoms with Crippen LogP contribution in [0, 0.1) is 0 Å². The topological polar surface area (TPSA) is 50.7 Å². The summed E-state index contributed by atoms with van der Waals surface area (Å²) in [4.78, 5) is 14.6. The molecule has 30 heavy (non-hydrogen) atoms. The van der Waals surface area contributed by atoms with E-state index in [1.54, 1.807) is 14.2 Å². The Morgan fingerprint density at radius 2 is 1.57 bits per heavy atom. The van der Waals surface area contributed by atoms with Gasteiger partial charge in [-0.2, -0.15) is 0 Å². The summed E-state index contributed by atoms with van der Waals surface area (Å²) in [5.74, 6) is 3.80. The molecule has 6 nitrogen and oxygen atoms in total. The zero-order chi connectivity index (χ0) is 20.7. The van der Waals surface area contributed by atoms with Crippen LogP contribution < -0.4 is 19.3 Å².